The second-order valence-electron chi connectivity index (χ2n) is 11.1. The van der Waals surface area contributed by atoms with E-state index >= 15 is 0 Å². The molecule has 0 radical (unpaired) electrons. The molecule has 0 aliphatic carbocycles. The summed E-state index contributed by atoms with van der Waals surface area (Å²) in [6.45, 7) is 5.33. The lowest BCUT2D eigenvalue weighted by Crippen LogP contribution is -2.42. The maximum Gasteiger partial charge on any atom is 0.322 e. The van der Waals surface area contributed by atoms with Crippen molar-refractivity contribution >= 4 is 17.5 Å². The fraction of sp³-hybridized carbons (Fsp3) is 0.314. The lowest BCUT2D eigenvalue weighted by Gasteiger charge is -2.33. The highest BCUT2D eigenvalue weighted by molar-refractivity contribution is 5.92. The zero-order valence-electron chi connectivity index (χ0n) is 25.2. The van der Waals surface area contributed by atoms with Crippen molar-refractivity contribution < 1.29 is 4.79 Å². The van der Waals surface area contributed by atoms with Crippen LogP contribution in [-0.2, 0) is 13.6 Å². The normalized spacial score (nSPS) is 12.1. The predicted molar refractivity (Wildman–Crippen MR) is 173 cm³/mol. The first-order valence-electron chi connectivity index (χ1n) is 14.8. The van der Waals surface area contributed by atoms with Crippen LogP contribution in [-0.4, -0.2) is 27.7 Å². The van der Waals surface area contributed by atoms with Gasteiger partial charge in [0.15, 0.2) is 0 Å². The summed E-state index contributed by atoms with van der Waals surface area (Å²) in [6, 6.07) is 26.7. The molecule has 8 heteroatoms. The first-order chi connectivity index (χ1) is 20.8. The third-order valence-corrected chi connectivity index (χ3v) is 7.66. The molecule has 1 atom stereocenters. The highest BCUT2D eigenvalue weighted by Crippen LogP contribution is 2.27. The minimum absolute atomic E-state index is 0.0700. The number of aromatic nitrogens is 2. The van der Waals surface area contributed by atoms with Gasteiger partial charge >= 0.3 is 6.03 Å². The van der Waals surface area contributed by atoms with Gasteiger partial charge < -0.3 is 15.2 Å². The summed E-state index contributed by atoms with van der Waals surface area (Å²) in [5.41, 5.74) is 3.80. The molecule has 0 fully saturated rings. The van der Waals surface area contributed by atoms with E-state index in [2.05, 4.69) is 35.5 Å². The minimum atomic E-state index is -0.229. The fourth-order valence-electron chi connectivity index (χ4n) is 5.07. The minimum Gasteiger partial charge on any atom is -0.365 e. The molecule has 43 heavy (non-hydrogen) atoms. The van der Waals surface area contributed by atoms with E-state index in [9.17, 15) is 9.59 Å². The molecule has 2 aromatic heterocycles. The maximum atomic E-state index is 13.6. The Labute approximate surface area is 254 Å². The Kier molecular flexibility index (Phi) is 10.7. The average Bonchev–Trinajstić information content (AvgIpc) is 3.03. The van der Waals surface area contributed by atoms with E-state index in [4.69, 9.17) is 5.26 Å². The molecule has 0 spiro atoms. The maximum absolute atomic E-state index is 13.6. The van der Waals surface area contributed by atoms with Crippen LogP contribution in [0.15, 0.2) is 96.1 Å². The standard InChI is InChI=1S/C35H40N6O2/c1-4-5-19-35(2,39-32-17-12-28(24-36)26-37-32)20-9-21-41(34(43)38-25-27-10-7-6-8-11-27)31-15-13-29(14-16-31)30-18-22-40(3)33(42)23-30/h6-8,10-18,22-23,26H,4-5,9,19-21,25H2,1-3H3,(H,37,39)(H,38,43)/t35-/m1/s1. The molecule has 0 aliphatic heterocycles. The number of hydrogen-bond donors (Lipinski definition) is 2. The molecule has 2 aromatic carbocycles. The summed E-state index contributed by atoms with van der Waals surface area (Å²) >= 11 is 0. The number of nitrogens with zero attached hydrogens (tertiary/aromatic N) is 4. The van der Waals surface area contributed by atoms with Crippen LogP contribution in [0.5, 0.6) is 0 Å². The molecule has 8 nitrogen and oxygen atoms in total. The number of hydrogen-bond acceptors (Lipinski definition) is 5. The van der Waals surface area contributed by atoms with Crippen molar-refractivity contribution in [2.75, 3.05) is 16.8 Å². The van der Waals surface area contributed by atoms with Crippen LogP contribution in [0.3, 0.4) is 0 Å². The van der Waals surface area contributed by atoms with E-state index < -0.39 is 0 Å². The molecule has 4 aromatic rings. The molecule has 4 rings (SSSR count). The van der Waals surface area contributed by atoms with Crippen molar-refractivity contribution in [2.45, 2.75) is 58.0 Å². The molecular formula is C35H40N6O2. The topological polar surface area (TPSA) is 103 Å². The van der Waals surface area contributed by atoms with Crippen LogP contribution in [0.1, 0.15) is 57.1 Å². The lowest BCUT2D eigenvalue weighted by molar-refractivity contribution is 0.245. The average molecular weight is 577 g/mol. The first-order valence-corrected chi connectivity index (χ1v) is 14.8. The SMILES string of the molecule is CCCC[C@](C)(CCCN(C(=O)NCc1ccccc1)c1ccc(-c2ccn(C)c(=O)c2)cc1)Nc1ccc(C#N)cn1. The molecule has 0 bridgehead atoms. The Morgan fingerprint density at radius 1 is 1.00 bits per heavy atom. The number of nitriles is 1. The van der Waals surface area contributed by atoms with Gasteiger partial charge in [0.25, 0.3) is 5.56 Å². The Hall–Kier alpha value is -4.90. The van der Waals surface area contributed by atoms with Crippen LogP contribution in [0, 0.1) is 11.3 Å². The molecule has 2 N–H and O–H groups in total. The van der Waals surface area contributed by atoms with Gasteiger partial charge in [-0.3, -0.25) is 9.69 Å². The monoisotopic (exact) mass is 576 g/mol. The van der Waals surface area contributed by atoms with Crippen molar-refractivity contribution in [2.24, 2.45) is 7.05 Å². The fourth-order valence-corrected chi connectivity index (χ4v) is 5.07. The summed E-state index contributed by atoms with van der Waals surface area (Å²) in [7, 11) is 1.73. The van der Waals surface area contributed by atoms with Gasteiger partial charge in [-0.2, -0.15) is 5.26 Å². The first kappa shape index (κ1) is 31.0. The number of unbranched alkanes of at least 4 members (excludes halogenated alkanes) is 1. The third-order valence-electron chi connectivity index (χ3n) is 7.66. The number of aryl methyl sites for hydroxylation is 1. The number of benzene rings is 2. The van der Waals surface area contributed by atoms with Gasteiger partial charge in [0, 0.05) is 49.8 Å². The second-order valence-corrected chi connectivity index (χ2v) is 11.1. The van der Waals surface area contributed by atoms with E-state index in [0.717, 1.165) is 60.3 Å². The van der Waals surface area contributed by atoms with Gasteiger partial charge in [0.1, 0.15) is 11.9 Å². The van der Waals surface area contributed by atoms with E-state index in [1.54, 1.807) is 36.5 Å². The van der Waals surface area contributed by atoms with Crippen LogP contribution in [0.2, 0.25) is 0 Å². The molecule has 222 valence electrons. The smallest absolute Gasteiger partial charge is 0.322 e. The predicted octanol–water partition coefficient (Wildman–Crippen LogP) is 6.88. The quantitative estimate of drug-likeness (QED) is 0.181. The van der Waals surface area contributed by atoms with Gasteiger partial charge in [0.2, 0.25) is 0 Å². The number of urea groups is 1. The number of carbonyl (C=O) groups excluding carboxylic acids is 1. The Morgan fingerprint density at radius 2 is 1.74 bits per heavy atom. The van der Waals surface area contributed by atoms with Gasteiger partial charge in [0.05, 0.1) is 5.56 Å². The molecule has 2 heterocycles. The lowest BCUT2D eigenvalue weighted by atomic mass is 9.89. The summed E-state index contributed by atoms with van der Waals surface area (Å²) in [5, 5.41) is 15.8. The largest absolute Gasteiger partial charge is 0.365 e. The number of nitrogens with one attached hydrogen (secondary N) is 2. The Bertz CT molecular complexity index is 1580. The highest BCUT2D eigenvalue weighted by atomic mass is 16.2. The second kappa shape index (κ2) is 14.8. The molecule has 2 amide bonds. The van der Waals surface area contributed by atoms with Crippen molar-refractivity contribution in [1.29, 1.82) is 5.26 Å². The molecule has 0 saturated heterocycles. The molecule has 0 unspecified atom stereocenters. The highest BCUT2D eigenvalue weighted by Gasteiger charge is 2.25. The van der Waals surface area contributed by atoms with Crippen LogP contribution < -0.4 is 21.1 Å². The van der Waals surface area contributed by atoms with Crippen molar-refractivity contribution in [3.8, 4) is 17.2 Å². The number of rotatable bonds is 13. The van der Waals surface area contributed by atoms with Crippen molar-refractivity contribution in [1.82, 2.24) is 14.9 Å². The van der Waals surface area contributed by atoms with Crippen LogP contribution >= 0.6 is 0 Å². The summed E-state index contributed by atoms with van der Waals surface area (Å²) < 4.78 is 1.54. The Morgan fingerprint density at radius 3 is 2.40 bits per heavy atom. The number of amides is 2. The van der Waals surface area contributed by atoms with Crippen molar-refractivity contribution in [3.63, 3.8) is 0 Å². The number of pyridine rings is 2. The van der Waals surface area contributed by atoms with E-state index in [-0.39, 0.29) is 17.1 Å². The van der Waals surface area contributed by atoms with E-state index in [1.807, 2.05) is 66.7 Å². The zero-order valence-corrected chi connectivity index (χ0v) is 25.2. The van der Waals surface area contributed by atoms with Gasteiger partial charge in [-0.1, -0.05) is 62.2 Å². The van der Waals surface area contributed by atoms with E-state index in [0.29, 0.717) is 18.7 Å². The number of carbonyl (C=O) groups is 1. The van der Waals surface area contributed by atoms with Crippen molar-refractivity contribution in [3.05, 3.63) is 113 Å². The zero-order chi connectivity index (χ0) is 30.7. The van der Waals surface area contributed by atoms with Gasteiger partial charge in [-0.25, -0.2) is 9.78 Å². The Balaban J connectivity index is 1.51. The van der Waals surface area contributed by atoms with Gasteiger partial charge in [-0.15, -0.1) is 0 Å². The third kappa shape index (κ3) is 8.79. The molecular weight excluding hydrogens is 536 g/mol. The summed E-state index contributed by atoms with van der Waals surface area (Å²) in [4.78, 5) is 31.9. The summed E-state index contributed by atoms with van der Waals surface area (Å²) in [5.74, 6) is 0.737. The van der Waals surface area contributed by atoms with Gasteiger partial charge in [-0.05, 0) is 73.2 Å². The molecule has 0 aliphatic rings. The van der Waals surface area contributed by atoms with Crippen LogP contribution in [0.4, 0.5) is 16.3 Å². The van der Waals surface area contributed by atoms with Crippen LogP contribution in [0.25, 0.3) is 11.1 Å². The molecule has 0 saturated carbocycles. The number of anilines is 2. The van der Waals surface area contributed by atoms with E-state index in [1.165, 1.54) is 4.57 Å². The summed E-state index contributed by atoms with van der Waals surface area (Å²) in [6.07, 6.45) is 8.01.